The molecule has 0 aromatic heterocycles. The first-order chi connectivity index (χ1) is 11.9. The van der Waals surface area contributed by atoms with Gasteiger partial charge in [-0.2, -0.15) is 0 Å². The van der Waals surface area contributed by atoms with Crippen LogP contribution in [0.2, 0.25) is 31.5 Å². The molecule has 1 atom stereocenters. The van der Waals surface area contributed by atoms with Crippen molar-refractivity contribution in [3.63, 3.8) is 0 Å². The van der Waals surface area contributed by atoms with Crippen LogP contribution in [0.1, 0.15) is 46.1 Å². The van der Waals surface area contributed by atoms with E-state index < -0.39 is 8.07 Å². The molecule has 0 bridgehead atoms. The van der Waals surface area contributed by atoms with Gasteiger partial charge >= 0.3 is 7.12 Å². The van der Waals surface area contributed by atoms with Crippen LogP contribution in [0, 0.1) is 0 Å². The van der Waals surface area contributed by atoms with Crippen molar-refractivity contribution >= 4 is 21.0 Å². The number of rotatable bonds is 5. The first-order valence-corrected chi connectivity index (χ1v) is 13.5. The maximum atomic E-state index is 12.2. The van der Waals surface area contributed by atoms with Crippen LogP contribution in [0.3, 0.4) is 0 Å². The molecule has 1 aliphatic heterocycles. The maximum Gasteiger partial charge on any atom is 0.461 e. The molecule has 1 aromatic carbocycles. The van der Waals surface area contributed by atoms with Crippen LogP contribution in [0.5, 0.6) is 0 Å². The number of hydrogen-bond donors (Lipinski definition) is 0. The van der Waals surface area contributed by atoms with Gasteiger partial charge in [-0.25, -0.2) is 0 Å². The molecule has 5 heteroatoms. The Morgan fingerprint density at radius 3 is 1.92 bits per heavy atom. The van der Waals surface area contributed by atoms with E-state index in [1.54, 1.807) is 0 Å². The van der Waals surface area contributed by atoms with Gasteiger partial charge in [0, 0.05) is 32.1 Å². The molecular formula is C21H33BO3Si. The SMILES string of the molecule is CC1(C)OB(C(C[Si](C)(C)C)C2(c3ccccc3)CC(=O)C2)OC1(C)C. The van der Waals surface area contributed by atoms with Gasteiger partial charge in [-0.15, -0.1) is 0 Å². The summed E-state index contributed by atoms with van der Waals surface area (Å²) >= 11 is 0. The van der Waals surface area contributed by atoms with E-state index in [2.05, 4.69) is 71.6 Å². The highest BCUT2D eigenvalue weighted by atomic mass is 28.3. The van der Waals surface area contributed by atoms with Crippen molar-refractivity contribution in [1.29, 1.82) is 0 Å². The molecule has 3 rings (SSSR count). The first kappa shape index (κ1) is 19.8. The minimum atomic E-state index is -1.40. The highest BCUT2D eigenvalue weighted by Gasteiger charge is 2.62. The average Bonchev–Trinajstić information content (AvgIpc) is 2.70. The van der Waals surface area contributed by atoms with Gasteiger partial charge in [0.15, 0.2) is 0 Å². The highest BCUT2D eigenvalue weighted by molar-refractivity contribution is 6.77. The minimum absolute atomic E-state index is 0.153. The van der Waals surface area contributed by atoms with Gasteiger partial charge in [-0.3, -0.25) is 4.79 Å². The third-order valence-electron chi connectivity index (χ3n) is 6.52. The molecule has 1 saturated carbocycles. The summed E-state index contributed by atoms with van der Waals surface area (Å²) in [4.78, 5) is 12.2. The third kappa shape index (κ3) is 3.46. The van der Waals surface area contributed by atoms with Crippen molar-refractivity contribution in [2.45, 2.75) is 88.7 Å². The zero-order chi connectivity index (χ0) is 19.4. The second-order valence-electron chi connectivity index (χ2n) is 10.4. The standard InChI is InChI=1S/C21H33BO3Si/c1-19(2)20(3,4)25-22(24-19)18(15-26(5,6)7)21(13-17(23)14-21)16-11-9-8-10-12-16/h8-12,18H,13-15H2,1-7H3. The lowest BCUT2D eigenvalue weighted by Crippen LogP contribution is -2.52. The Labute approximate surface area is 160 Å². The molecule has 26 heavy (non-hydrogen) atoms. The summed E-state index contributed by atoms with van der Waals surface area (Å²) in [6.07, 6.45) is 1.21. The molecule has 0 radical (unpaired) electrons. The van der Waals surface area contributed by atoms with Crippen molar-refractivity contribution in [3.8, 4) is 0 Å². The molecule has 2 aliphatic rings. The zero-order valence-electron chi connectivity index (χ0n) is 17.4. The summed E-state index contributed by atoms with van der Waals surface area (Å²) in [7, 11) is -1.66. The normalized spacial score (nSPS) is 25.0. The Balaban J connectivity index is 2.02. The van der Waals surface area contributed by atoms with Gasteiger partial charge in [0.2, 0.25) is 0 Å². The second-order valence-corrected chi connectivity index (χ2v) is 15.9. The average molecular weight is 372 g/mol. The molecule has 1 heterocycles. The van der Waals surface area contributed by atoms with Gasteiger partial charge in [-0.05, 0) is 33.3 Å². The van der Waals surface area contributed by atoms with Crippen molar-refractivity contribution in [2.75, 3.05) is 0 Å². The summed E-state index contributed by atoms with van der Waals surface area (Å²) in [6.45, 7) is 15.6. The van der Waals surface area contributed by atoms with Crippen molar-refractivity contribution in [2.24, 2.45) is 0 Å². The summed E-state index contributed by atoms with van der Waals surface area (Å²) in [6, 6.07) is 11.6. The molecule has 0 N–H and O–H groups in total. The summed E-state index contributed by atoms with van der Waals surface area (Å²) in [5, 5.41) is 0. The molecule has 3 nitrogen and oxygen atoms in total. The van der Waals surface area contributed by atoms with Crippen molar-refractivity contribution in [1.82, 2.24) is 0 Å². The van der Waals surface area contributed by atoms with Gasteiger partial charge in [0.05, 0.1) is 11.2 Å². The fourth-order valence-corrected chi connectivity index (χ4v) is 6.27. The smallest absolute Gasteiger partial charge is 0.403 e. The van der Waals surface area contributed by atoms with Crippen molar-refractivity contribution in [3.05, 3.63) is 35.9 Å². The predicted molar refractivity (Wildman–Crippen MR) is 110 cm³/mol. The molecule has 0 amide bonds. The monoisotopic (exact) mass is 372 g/mol. The number of benzene rings is 1. The highest BCUT2D eigenvalue weighted by Crippen LogP contribution is 2.57. The van der Waals surface area contributed by atoms with Gasteiger partial charge in [-0.1, -0.05) is 56.0 Å². The lowest BCUT2D eigenvalue weighted by molar-refractivity contribution is -0.128. The largest absolute Gasteiger partial charge is 0.461 e. The topological polar surface area (TPSA) is 35.5 Å². The van der Waals surface area contributed by atoms with Crippen LogP contribution in [-0.2, 0) is 19.5 Å². The van der Waals surface area contributed by atoms with Gasteiger partial charge < -0.3 is 9.31 Å². The molecule has 1 unspecified atom stereocenters. The number of Topliss-reactive ketones (excluding diaryl/α,β-unsaturated/α-hetero) is 1. The number of carbonyl (C=O) groups is 1. The van der Waals surface area contributed by atoms with E-state index in [9.17, 15) is 4.79 Å². The Morgan fingerprint density at radius 1 is 1.00 bits per heavy atom. The van der Waals surface area contributed by atoms with Crippen LogP contribution in [-0.4, -0.2) is 32.2 Å². The van der Waals surface area contributed by atoms with Crippen LogP contribution < -0.4 is 0 Å². The Morgan fingerprint density at radius 2 is 1.50 bits per heavy atom. The van der Waals surface area contributed by atoms with E-state index in [1.165, 1.54) is 5.56 Å². The van der Waals surface area contributed by atoms with E-state index in [0.29, 0.717) is 18.6 Å². The summed E-state index contributed by atoms with van der Waals surface area (Å²) < 4.78 is 13.0. The van der Waals surface area contributed by atoms with Crippen LogP contribution in [0.25, 0.3) is 0 Å². The van der Waals surface area contributed by atoms with E-state index in [4.69, 9.17) is 9.31 Å². The minimum Gasteiger partial charge on any atom is -0.403 e. The Kier molecular flexibility index (Phi) is 4.82. The number of ketones is 1. The Hall–Kier alpha value is -0.908. The lowest BCUT2D eigenvalue weighted by atomic mass is 9.47. The maximum absolute atomic E-state index is 12.2. The Bertz CT molecular complexity index is 654. The van der Waals surface area contributed by atoms with E-state index >= 15 is 0 Å². The molecule has 0 spiro atoms. The van der Waals surface area contributed by atoms with E-state index in [-0.39, 0.29) is 29.6 Å². The molecule has 2 fully saturated rings. The van der Waals surface area contributed by atoms with Gasteiger partial charge in [0.1, 0.15) is 5.78 Å². The fourth-order valence-electron chi connectivity index (χ4n) is 4.37. The van der Waals surface area contributed by atoms with Crippen LogP contribution in [0.4, 0.5) is 0 Å². The third-order valence-corrected chi connectivity index (χ3v) is 8.18. The molecule has 1 aliphatic carbocycles. The zero-order valence-corrected chi connectivity index (χ0v) is 18.4. The molecule has 142 valence electrons. The van der Waals surface area contributed by atoms with Crippen LogP contribution in [0.15, 0.2) is 30.3 Å². The number of hydrogen-bond acceptors (Lipinski definition) is 3. The van der Waals surface area contributed by atoms with E-state index in [0.717, 1.165) is 6.04 Å². The summed E-state index contributed by atoms with van der Waals surface area (Å²) in [5.74, 6) is 0.557. The quantitative estimate of drug-likeness (QED) is 0.676. The number of carbonyl (C=O) groups excluding carboxylic acids is 1. The van der Waals surface area contributed by atoms with Crippen LogP contribution >= 0.6 is 0 Å². The van der Waals surface area contributed by atoms with E-state index in [1.807, 2.05) is 6.07 Å². The molecular weight excluding hydrogens is 339 g/mol. The first-order valence-electron chi connectivity index (χ1n) is 9.79. The lowest BCUT2D eigenvalue weighted by Gasteiger charge is -2.49. The second kappa shape index (κ2) is 6.32. The predicted octanol–water partition coefficient (Wildman–Crippen LogP) is 5.09. The molecule has 1 saturated heterocycles. The van der Waals surface area contributed by atoms with Gasteiger partial charge in [0.25, 0.3) is 0 Å². The fraction of sp³-hybridized carbons (Fsp3) is 0.667. The molecule has 1 aromatic rings. The summed E-state index contributed by atoms with van der Waals surface area (Å²) in [5.41, 5.74) is 0.416. The van der Waals surface area contributed by atoms with Crippen molar-refractivity contribution < 1.29 is 14.1 Å².